The molecule has 27 heavy (non-hydrogen) atoms. The molecular weight excluding hydrogens is 434 g/mol. The number of benzene rings is 1. The number of hydrogen-bond acceptors (Lipinski definition) is 6. The quantitative estimate of drug-likeness (QED) is 0.474. The Kier molecular flexibility index (Phi) is 6.28. The Morgan fingerprint density at radius 1 is 1.22 bits per heavy atom. The molecule has 1 atom stereocenters. The van der Waals surface area contributed by atoms with Gasteiger partial charge in [-0.15, -0.1) is 11.3 Å². The van der Waals surface area contributed by atoms with Gasteiger partial charge in [0.15, 0.2) is 6.61 Å². The van der Waals surface area contributed by atoms with Crippen molar-refractivity contribution in [1.29, 1.82) is 0 Å². The van der Waals surface area contributed by atoms with Gasteiger partial charge in [-0.1, -0.05) is 0 Å². The number of thiophene rings is 1. The largest absolute Gasteiger partial charge is 0.494 e. The summed E-state index contributed by atoms with van der Waals surface area (Å²) in [5.74, 6) is -0.781. The maximum atomic E-state index is 12.3. The van der Waals surface area contributed by atoms with Crippen molar-refractivity contribution in [2.24, 2.45) is 5.92 Å². The molecule has 0 radical (unpaired) electrons. The molecule has 6 nitrogen and oxygen atoms in total. The van der Waals surface area contributed by atoms with E-state index in [1.165, 1.54) is 11.3 Å². The van der Waals surface area contributed by atoms with Crippen LogP contribution in [-0.2, 0) is 14.3 Å². The Morgan fingerprint density at radius 3 is 2.59 bits per heavy atom. The number of carbonyl (C=O) groups excluding carboxylic acids is 3. The lowest BCUT2D eigenvalue weighted by atomic mass is 10.1. The van der Waals surface area contributed by atoms with Gasteiger partial charge in [0.05, 0.1) is 21.2 Å². The number of nitrogens with zero attached hydrogens (tertiary/aromatic N) is 1. The molecule has 142 valence electrons. The third-order valence-electron chi connectivity index (χ3n) is 4.11. The first-order valence-electron chi connectivity index (χ1n) is 8.46. The van der Waals surface area contributed by atoms with Crippen LogP contribution in [0.5, 0.6) is 5.75 Å². The number of halogens is 1. The maximum absolute atomic E-state index is 12.3. The Hall–Kier alpha value is -2.19. The fourth-order valence-corrected chi connectivity index (χ4v) is 4.10. The molecule has 0 N–H and O–H groups in total. The van der Waals surface area contributed by atoms with Gasteiger partial charge in [-0.25, -0.2) is 0 Å². The summed E-state index contributed by atoms with van der Waals surface area (Å²) in [5, 5.41) is 0. The third kappa shape index (κ3) is 4.75. The van der Waals surface area contributed by atoms with E-state index in [2.05, 4.69) is 15.9 Å². The molecule has 0 spiro atoms. The second-order valence-corrected chi connectivity index (χ2v) is 8.43. The lowest BCUT2D eigenvalue weighted by molar-refractivity contribution is -0.147. The van der Waals surface area contributed by atoms with E-state index in [9.17, 15) is 14.4 Å². The number of amides is 1. The van der Waals surface area contributed by atoms with Crippen molar-refractivity contribution in [2.75, 3.05) is 24.7 Å². The first kappa shape index (κ1) is 19.6. The number of carbonyl (C=O) groups is 3. The number of Topliss-reactive ketones (excluding diaryl/α,β-unsaturated/α-hetero) is 1. The lowest BCUT2D eigenvalue weighted by Gasteiger charge is -2.17. The predicted octanol–water partition coefficient (Wildman–Crippen LogP) is 3.69. The van der Waals surface area contributed by atoms with Gasteiger partial charge in [-0.2, -0.15) is 0 Å². The Bertz CT molecular complexity index is 848. The van der Waals surface area contributed by atoms with Gasteiger partial charge in [0, 0.05) is 18.7 Å². The van der Waals surface area contributed by atoms with Crippen LogP contribution in [0.15, 0.2) is 40.2 Å². The van der Waals surface area contributed by atoms with Crippen LogP contribution in [0.2, 0.25) is 0 Å². The molecule has 8 heteroatoms. The monoisotopic (exact) mass is 451 g/mol. The van der Waals surface area contributed by atoms with Gasteiger partial charge in [-0.05, 0) is 59.3 Å². The smallest absolute Gasteiger partial charge is 0.311 e. The molecule has 0 bridgehead atoms. The molecular formula is C19H18BrNO5S. The van der Waals surface area contributed by atoms with E-state index in [1.807, 2.05) is 6.92 Å². The summed E-state index contributed by atoms with van der Waals surface area (Å²) in [6, 6.07) is 10.6. The summed E-state index contributed by atoms with van der Waals surface area (Å²) in [5.41, 5.74) is 0.707. The minimum absolute atomic E-state index is 0.0742. The molecule has 0 saturated carbocycles. The molecule has 0 aliphatic carbocycles. The molecule has 1 unspecified atom stereocenters. The summed E-state index contributed by atoms with van der Waals surface area (Å²) in [6.45, 7) is 2.39. The molecule has 1 aliphatic rings. The fourth-order valence-electron chi connectivity index (χ4n) is 2.79. The first-order chi connectivity index (χ1) is 13.0. The SMILES string of the molecule is CCOc1ccc(N2CC(C(=O)OCC(=O)c3ccc(Br)s3)CC2=O)cc1. The van der Waals surface area contributed by atoms with E-state index < -0.39 is 11.9 Å². The number of esters is 1. The summed E-state index contributed by atoms with van der Waals surface area (Å²) < 4.78 is 11.4. The highest BCUT2D eigenvalue weighted by Crippen LogP contribution is 2.28. The molecule has 1 fully saturated rings. The highest BCUT2D eigenvalue weighted by Gasteiger charge is 2.36. The molecule has 1 aromatic heterocycles. The van der Waals surface area contributed by atoms with Crippen molar-refractivity contribution in [2.45, 2.75) is 13.3 Å². The van der Waals surface area contributed by atoms with Crippen LogP contribution < -0.4 is 9.64 Å². The zero-order chi connectivity index (χ0) is 19.4. The topological polar surface area (TPSA) is 72.9 Å². The zero-order valence-electron chi connectivity index (χ0n) is 14.6. The van der Waals surface area contributed by atoms with Crippen LogP contribution in [0.3, 0.4) is 0 Å². The molecule has 1 aromatic carbocycles. The van der Waals surface area contributed by atoms with E-state index in [0.29, 0.717) is 17.2 Å². The van der Waals surface area contributed by atoms with E-state index in [4.69, 9.17) is 9.47 Å². The minimum atomic E-state index is -0.577. The van der Waals surface area contributed by atoms with E-state index >= 15 is 0 Å². The van der Waals surface area contributed by atoms with Gasteiger partial charge >= 0.3 is 5.97 Å². The van der Waals surface area contributed by atoms with E-state index in [1.54, 1.807) is 41.3 Å². The van der Waals surface area contributed by atoms with E-state index in [-0.39, 0.29) is 31.3 Å². The van der Waals surface area contributed by atoms with E-state index in [0.717, 1.165) is 9.54 Å². The molecule has 1 aliphatic heterocycles. The summed E-state index contributed by atoms with van der Waals surface area (Å²) in [7, 11) is 0. The average Bonchev–Trinajstić information content (AvgIpc) is 3.26. The van der Waals surface area contributed by atoms with Crippen LogP contribution in [0, 0.1) is 5.92 Å². The Morgan fingerprint density at radius 2 is 1.96 bits per heavy atom. The molecule has 3 rings (SSSR count). The minimum Gasteiger partial charge on any atom is -0.494 e. The van der Waals surface area contributed by atoms with Crippen molar-refractivity contribution in [3.63, 3.8) is 0 Å². The molecule has 2 aromatic rings. The number of anilines is 1. The summed E-state index contributed by atoms with van der Waals surface area (Å²) in [4.78, 5) is 38.7. The average molecular weight is 452 g/mol. The number of rotatable bonds is 7. The standard InChI is InChI=1S/C19H18BrNO5S/c1-2-25-14-5-3-13(4-6-14)21-10-12(9-18(21)23)19(24)26-11-15(22)16-7-8-17(20)27-16/h3-8,12H,2,9-11H2,1H3. The van der Waals surface area contributed by atoms with Crippen molar-refractivity contribution >= 4 is 50.6 Å². The highest BCUT2D eigenvalue weighted by molar-refractivity contribution is 9.11. The highest BCUT2D eigenvalue weighted by atomic mass is 79.9. The van der Waals surface area contributed by atoms with Crippen LogP contribution in [0.1, 0.15) is 23.0 Å². The first-order valence-corrected chi connectivity index (χ1v) is 10.1. The maximum Gasteiger partial charge on any atom is 0.311 e. The number of hydrogen-bond donors (Lipinski definition) is 0. The fraction of sp³-hybridized carbons (Fsp3) is 0.316. The summed E-state index contributed by atoms with van der Waals surface area (Å²) >= 11 is 4.58. The Labute approximate surface area is 169 Å². The van der Waals surface area contributed by atoms with Crippen molar-refractivity contribution in [1.82, 2.24) is 0 Å². The van der Waals surface area contributed by atoms with Crippen LogP contribution in [0.25, 0.3) is 0 Å². The second kappa shape index (κ2) is 8.67. The number of ether oxygens (including phenoxy) is 2. The van der Waals surface area contributed by atoms with Gasteiger partial charge in [0.2, 0.25) is 11.7 Å². The van der Waals surface area contributed by atoms with Gasteiger partial charge in [0.25, 0.3) is 0 Å². The lowest BCUT2D eigenvalue weighted by Crippen LogP contribution is -2.27. The van der Waals surface area contributed by atoms with Crippen molar-refractivity contribution in [3.8, 4) is 5.75 Å². The molecule has 1 amide bonds. The summed E-state index contributed by atoms with van der Waals surface area (Å²) in [6.07, 6.45) is 0.0742. The van der Waals surface area contributed by atoms with Crippen LogP contribution in [0.4, 0.5) is 5.69 Å². The second-order valence-electron chi connectivity index (χ2n) is 5.97. The predicted molar refractivity (Wildman–Crippen MR) is 105 cm³/mol. The van der Waals surface area contributed by atoms with Gasteiger partial charge < -0.3 is 14.4 Å². The normalized spacial score (nSPS) is 16.4. The van der Waals surface area contributed by atoms with Crippen LogP contribution >= 0.6 is 27.3 Å². The van der Waals surface area contributed by atoms with Crippen molar-refractivity contribution < 1.29 is 23.9 Å². The Balaban J connectivity index is 1.56. The van der Waals surface area contributed by atoms with Gasteiger partial charge in [0.1, 0.15) is 5.75 Å². The molecule has 2 heterocycles. The zero-order valence-corrected chi connectivity index (χ0v) is 17.0. The third-order valence-corrected chi connectivity index (χ3v) is 5.78. The molecule has 1 saturated heterocycles. The van der Waals surface area contributed by atoms with Crippen molar-refractivity contribution in [3.05, 3.63) is 45.1 Å². The number of ketones is 1. The van der Waals surface area contributed by atoms with Crippen LogP contribution in [-0.4, -0.2) is 37.4 Å². The van der Waals surface area contributed by atoms with Gasteiger partial charge in [-0.3, -0.25) is 14.4 Å².